The van der Waals surface area contributed by atoms with Crippen LogP contribution in [-0.2, 0) is 4.79 Å². The Hall–Kier alpha value is -3.31. The van der Waals surface area contributed by atoms with Gasteiger partial charge in [0.1, 0.15) is 5.75 Å². The lowest BCUT2D eigenvalue weighted by atomic mass is 10.0. The maximum Gasteiger partial charge on any atom is 0.251 e. The van der Waals surface area contributed by atoms with Crippen molar-refractivity contribution in [2.45, 2.75) is 12.5 Å². The van der Waals surface area contributed by atoms with Crippen LogP contribution in [0.15, 0.2) is 78.9 Å². The summed E-state index contributed by atoms with van der Waals surface area (Å²) >= 11 is 6.12. The molecule has 0 unspecified atom stereocenters. The Morgan fingerprint density at radius 3 is 2.24 bits per heavy atom. The first-order valence-corrected chi connectivity index (χ1v) is 9.49. The fourth-order valence-electron chi connectivity index (χ4n) is 2.91. The van der Waals surface area contributed by atoms with E-state index in [1.165, 1.54) is 7.11 Å². The second-order valence-corrected chi connectivity index (χ2v) is 6.81. The minimum absolute atomic E-state index is 0.0756. The zero-order valence-electron chi connectivity index (χ0n) is 15.9. The number of rotatable bonds is 7. The summed E-state index contributed by atoms with van der Waals surface area (Å²) in [6.45, 7) is 0. The topological polar surface area (TPSA) is 67.4 Å². The Morgan fingerprint density at radius 2 is 1.62 bits per heavy atom. The fraction of sp³-hybridized carbons (Fsp3) is 0.130. The van der Waals surface area contributed by atoms with E-state index in [9.17, 15) is 9.59 Å². The first-order chi connectivity index (χ1) is 14.1. The number of hydrogen-bond acceptors (Lipinski definition) is 3. The van der Waals surface area contributed by atoms with E-state index in [0.717, 1.165) is 5.56 Å². The molecule has 2 N–H and O–H groups in total. The van der Waals surface area contributed by atoms with E-state index in [-0.39, 0.29) is 18.2 Å². The van der Waals surface area contributed by atoms with Crippen molar-refractivity contribution in [3.8, 4) is 5.75 Å². The van der Waals surface area contributed by atoms with Crippen LogP contribution in [-0.4, -0.2) is 18.9 Å². The van der Waals surface area contributed by atoms with Crippen LogP contribution in [0.1, 0.15) is 28.4 Å². The molecule has 2 amide bonds. The van der Waals surface area contributed by atoms with Crippen LogP contribution in [0.25, 0.3) is 0 Å². The smallest absolute Gasteiger partial charge is 0.251 e. The molecule has 0 bridgehead atoms. The van der Waals surface area contributed by atoms with E-state index in [4.69, 9.17) is 16.3 Å². The SMILES string of the molecule is COc1ccc(NC(=O)C[C@@H](NC(=O)c2ccccc2)c2ccccc2)cc1Cl. The molecule has 0 aliphatic rings. The van der Waals surface area contributed by atoms with Gasteiger partial charge in [0.05, 0.1) is 24.6 Å². The molecule has 29 heavy (non-hydrogen) atoms. The van der Waals surface area contributed by atoms with Crippen molar-refractivity contribution in [3.05, 3.63) is 95.0 Å². The third kappa shape index (κ3) is 5.59. The summed E-state index contributed by atoms with van der Waals surface area (Å²) in [7, 11) is 1.53. The summed E-state index contributed by atoms with van der Waals surface area (Å²) < 4.78 is 5.12. The normalized spacial score (nSPS) is 11.4. The molecule has 3 aromatic carbocycles. The number of nitrogens with one attached hydrogen (secondary N) is 2. The third-order valence-electron chi connectivity index (χ3n) is 4.37. The largest absolute Gasteiger partial charge is 0.495 e. The quantitative estimate of drug-likeness (QED) is 0.587. The molecule has 0 heterocycles. The number of methoxy groups -OCH3 is 1. The minimum Gasteiger partial charge on any atom is -0.495 e. The van der Waals surface area contributed by atoms with Gasteiger partial charge in [-0.15, -0.1) is 0 Å². The average Bonchev–Trinajstić information content (AvgIpc) is 2.74. The maximum absolute atomic E-state index is 12.6. The van der Waals surface area contributed by atoms with Crippen molar-refractivity contribution in [3.63, 3.8) is 0 Å². The zero-order valence-corrected chi connectivity index (χ0v) is 16.6. The summed E-state index contributed by atoms with van der Waals surface area (Å²) in [5.41, 5.74) is 1.94. The lowest BCUT2D eigenvalue weighted by Gasteiger charge is -2.19. The average molecular weight is 409 g/mol. The van der Waals surface area contributed by atoms with Crippen LogP contribution in [0.4, 0.5) is 5.69 Å². The van der Waals surface area contributed by atoms with Gasteiger partial charge < -0.3 is 15.4 Å². The highest BCUT2D eigenvalue weighted by atomic mass is 35.5. The Morgan fingerprint density at radius 1 is 0.966 bits per heavy atom. The van der Waals surface area contributed by atoms with Gasteiger partial charge >= 0.3 is 0 Å². The van der Waals surface area contributed by atoms with Crippen molar-refractivity contribution in [2.24, 2.45) is 0 Å². The number of amides is 2. The predicted molar refractivity (Wildman–Crippen MR) is 114 cm³/mol. The lowest BCUT2D eigenvalue weighted by molar-refractivity contribution is -0.116. The standard InChI is InChI=1S/C23H21ClN2O3/c1-29-21-13-12-18(14-19(21)24)25-22(27)15-20(16-8-4-2-5-9-16)26-23(28)17-10-6-3-7-11-17/h2-14,20H,15H2,1H3,(H,25,27)(H,26,28)/t20-/m1/s1. The molecule has 0 spiro atoms. The van der Waals surface area contributed by atoms with Crippen LogP contribution < -0.4 is 15.4 Å². The number of ether oxygens (including phenoxy) is 1. The lowest BCUT2D eigenvalue weighted by Crippen LogP contribution is -2.31. The predicted octanol–water partition coefficient (Wildman–Crippen LogP) is 4.85. The van der Waals surface area contributed by atoms with Gasteiger partial charge in [0, 0.05) is 11.3 Å². The molecule has 0 saturated heterocycles. The van der Waals surface area contributed by atoms with Gasteiger partial charge in [-0.05, 0) is 35.9 Å². The summed E-state index contributed by atoms with van der Waals surface area (Å²) in [6, 6.07) is 22.9. The molecule has 0 radical (unpaired) electrons. The highest BCUT2D eigenvalue weighted by Gasteiger charge is 2.19. The van der Waals surface area contributed by atoms with Crippen molar-refractivity contribution in [1.29, 1.82) is 0 Å². The van der Waals surface area contributed by atoms with Gasteiger partial charge in [-0.25, -0.2) is 0 Å². The summed E-state index contributed by atoms with van der Waals surface area (Å²) in [6.07, 6.45) is 0.0756. The van der Waals surface area contributed by atoms with Crippen LogP contribution in [0.5, 0.6) is 5.75 Å². The van der Waals surface area contributed by atoms with Crippen molar-refractivity contribution >= 4 is 29.1 Å². The third-order valence-corrected chi connectivity index (χ3v) is 4.66. The first kappa shape index (κ1) is 20.4. The first-order valence-electron chi connectivity index (χ1n) is 9.11. The highest BCUT2D eigenvalue weighted by molar-refractivity contribution is 6.32. The van der Waals surface area contributed by atoms with Gasteiger partial charge in [-0.2, -0.15) is 0 Å². The van der Waals surface area contributed by atoms with E-state index in [2.05, 4.69) is 10.6 Å². The van der Waals surface area contributed by atoms with Gasteiger partial charge in [0.15, 0.2) is 0 Å². The van der Waals surface area contributed by atoms with Crippen molar-refractivity contribution in [1.82, 2.24) is 5.32 Å². The monoisotopic (exact) mass is 408 g/mol. The number of hydrogen-bond donors (Lipinski definition) is 2. The van der Waals surface area contributed by atoms with E-state index < -0.39 is 6.04 Å². The van der Waals surface area contributed by atoms with Crippen molar-refractivity contribution < 1.29 is 14.3 Å². The second-order valence-electron chi connectivity index (χ2n) is 6.40. The number of carbonyl (C=O) groups is 2. The van der Waals surface area contributed by atoms with E-state index in [1.807, 2.05) is 36.4 Å². The zero-order chi connectivity index (χ0) is 20.6. The number of benzene rings is 3. The maximum atomic E-state index is 12.6. The number of anilines is 1. The molecule has 6 heteroatoms. The Bertz CT molecular complexity index is 978. The van der Waals surface area contributed by atoms with E-state index >= 15 is 0 Å². The number of halogens is 1. The van der Waals surface area contributed by atoms with E-state index in [1.54, 1.807) is 42.5 Å². The Balaban J connectivity index is 1.73. The van der Waals surface area contributed by atoms with E-state index in [0.29, 0.717) is 22.0 Å². The molecule has 0 fully saturated rings. The molecule has 0 aliphatic carbocycles. The van der Waals surface area contributed by atoms with Crippen LogP contribution in [0.3, 0.4) is 0 Å². The molecule has 1 atom stereocenters. The Kier molecular flexibility index (Phi) is 6.87. The molecular formula is C23H21ClN2O3. The fourth-order valence-corrected chi connectivity index (χ4v) is 3.17. The molecule has 0 saturated carbocycles. The summed E-state index contributed by atoms with van der Waals surface area (Å²) in [4.78, 5) is 25.3. The summed E-state index contributed by atoms with van der Waals surface area (Å²) in [5, 5.41) is 6.17. The molecule has 5 nitrogen and oxygen atoms in total. The van der Waals surface area contributed by atoms with Crippen LogP contribution in [0.2, 0.25) is 5.02 Å². The van der Waals surface area contributed by atoms with Crippen molar-refractivity contribution in [2.75, 3.05) is 12.4 Å². The molecule has 0 aliphatic heterocycles. The summed E-state index contributed by atoms with van der Waals surface area (Å²) in [5.74, 6) is 0.0511. The van der Waals surface area contributed by atoms with Gasteiger partial charge in [0.2, 0.25) is 5.91 Å². The van der Waals surface area contributed by atoms with Gasteiger partial charge in [-0.3, -0.25) is 9.59 Å². The number of carbonyl (C=O) groups excluding carboxylic acids is 2. The molecule has 3 rings (SSSR count). The van der Waals surface area contributed by atoms with Gasteiger partial charge in [0.25, 0.3) is 5.91 Å². The van der Waals surface area contributed by atoms with Crippen LogP contribution >= 0.6 is 11.6 Å². The molecule has 148 valence electrons. The molecule has 3 aromatic rings. The van der Waals surface area contributed by atoms with Gasteiger partial charge in [-0.1, -0.05) is 60.1 Å². The Labute approximate surface area is 174 Å². The molecule has 0 aromatic heterocycles. The second kappa shape index (κ2) is 9.75. The minimum atomic E-state index is -0.474. The highest BCUT2D eigenvalue weighted by Crippen LogP contribution is 2.27. The molecular weight excluding hydrogens is 388 g/mol. The van der Waals surface area contributed by atoms with Crippen LogP contribution in [0, 0.1) is 0 Å².